The van der Waals surface area contributed by atoms with Crippen molar-refractivity contribution in [2.45, 2.75) is 25.2 Å². The maximum Gasteiger partial charge on any atom is 0.169 e. The molecule has 0 bridgehead atoms. The molecule has 1 N–H and O–H groups in total. The van der Waals surface area contributed by atoms with Gasteiger partial charge < -0.3 is 14.8 Å². The van der Waals surface area contributed by atoms with Crippen molar-refractivity contribution >= 4 is 0 Å². The van der Waals surface area contributed by atoms with Crippen molar-refractivity contribution in [3.8, 4) is 0 Å². The highest BCUT2D eigenvalue weighted by Gasteiger charge is 2.34. The zero-order valence-corrected chi connectivity index (χ0v) is 9.74. The highest BCUT2D eigenvalue weighted by Crippen LogP contribution is 2.24. The highest BCUT2D eigenvalue weighted by molar-refractivity contribution is 4.91. The maximum absolute atomic E-state index is 5.23. The summed E-state index contributed by atoms with van der Waals surface area (Å²) in [5.74, 6) is 0.841. The molecule has 2 saturated heterocycles. The van der Waals surface area contributed by atoms with Crippen LogP contribution in [0.15, 0.2) is 0 Å². The number of hydrogen-bond acceptors (Lipinski definition) is 4. The van der Waals surface area contributed by atoms with Crippen LogP contribution in [-0.2, 0) is 9.47 Å². The van der Waals surface area contributed by atoms with Crippen molar-refractivity contribution in [3.63, 3.8) is 0 Å². The molecule has 0 aromatic heterocycles. The van der Waals surface area contributed by atoms with Gasteiger partial charge in [0.2, 0.25) is 0 Å². The lowest BCUT2D eigenvalue weighted by atomic mass is 9.94. The fourth-order valence-electron chi connectivity index (χ4n) is 2.74. The molecule has 0 aromatic carbocycles. The second-order valence-electron chi connectivity index (χ2n) is 4.58. The second kappa shape index (κ2) is 5.25. The van der Waals surface area contributed by atoms with Gasteiger partial charge in [-0.25, -0.2) is 0 Å². The summed E-state index contributed by atoms with van der Waals surface area (Å²) >= 11 is 0. The van der Waals surface area contributed by atoms with Gasteiger partial charge in [-0.15, -0.1) is 0 Å². The molecule has 2 atom stereocenters. The fourth-order valence-corrected chi connectivity index (χ4v) is 2.74. The van der Waals surface area contributed by atoms with Crippen molar-refractivity contribution in [3.05, 3.63) is 0 Å². The first-order chi connectivity index (χ1) is 7.33. The summed E-state index contributed by atoms with van der Waals surface area (Å²) in [4.78, 5) is 2.45. The predicted octanol–water partition coefficient (Wildman–Crippen LogP) is 0.289. The number of nitrogens with zero attached hydrogens (tertiary/aromatic N) is 1. The topological polar surface area (TPSA) is 33.7 Å². The van der Waals surface area contributed by atoms with E-state index in [-0.39, 0.29) is 6.29 Å². The van der Waals surface area contributed by atoms with Crippen LogP contribution in [0.1, 0.15) is 12.8 Å². The lowest BCUT2D eigenvalue weighted by molar-refractivity contribution is -0.114. The third kappa shape index (κ3) is 2.69. The van der Waals surface area contributed by atoms with Crippen molar-refractivity contribution in [2.24, 2.45) is 5.92 Å². The Hall–Kier alpha value is -0.160. The molecule has 0 saturated carbocycles. The van der Waals surface area contributed by atoms with E-state index in [0.29, 0.717) is 6.04 Å². The molecule has 2 aliphatic heterocycles. The molecule has 2 rings (SSSR count). The van der Waals surface area contributed by atoms with Gasteiger partial charge in [-0.3, -0.25) is 4.90 Å². The van der Waals surface area contributed by atoms with Crippen LogP contribution >= 0.6 is 0 Å². The van der Waals surface area contributed by atoms with E-state index in [2.05, 4.69) is 10.2 Å². The minimum absolute atomic E-state index is 0.0786. The third-order valence-electron chi connectivity index (χ3n) is 3.61. The molecule has 2 fully saturated rings. The molecular formula is C11H22N2O2. The van der Waals surface area contributed by atoms with Crippen molar-refractivity contribution < 1.29 is 9.47 Å². The Bertz CT molecular complexity index is 183. The van der Waals surface area contributed by atoms with E-state index in [4.69, 9.17) is 9.47 Å². The molecule has 2 unspecified atom stereocenters. The van der Waals surface area contributed by atoms with Gasteiger partial charge in [-0.2, -0.15) is 0 Å². The van der Waals surface area contributed by atoms with Crippen LogP contribution in [0.25, 0.3) is 0 Å². The van der Waals surface area contributed by atoms with Gasteiger partial charge in [-0.05, 0) is 25.3 Å². The molecule has 0 aromatic rings. The SMILES string of the molecule is COC(CN1CC2CCCNC2C1)OC. The normalized spacial score (nSPS) is 32.2. The Morgan fingerprint density at radius 1 is 1.33 bits per heavy atom. The average molecular weight is 214 g/mol. The predicted molar refractivity (Wildman–Crippen MR) is 58.8 cm³/mol. The van der Waals surface area contributed by atoms with E-state index in [9.17, 15) is 0 Å². The summed E-state index contributed by atoms with van der Waals surface area (Å²) in [7, 11) is 3.41. The van der Waals surface area contributed by atoms with Gasteiger partial charge in [0.25, 0.3) is 0 Å². The first-order valence-corrected chi connectivity index (χ1v) is 5.85. The first kappa shape index (κ1) is 11.3. The smallest absolute Gasteiger partial charge is 0.169 e. The number of likely N-dealkylation sites (tertiary alicyclic amines) is 1. The summed E-state index contributed by atoms with van der Waals surface area (Å²) in [6.45, 7) is 4.42. The van der Waals surface area contributed by atoms with Crippen molar-refractivity contribution in [2.75, 3.05) is 40.4 Å². The Kier molecular flexibility index (Phi) is 3.97. The van der Waals surface area contributed by atoms with E-state index < -0.39 is 0 Å². The van der Waals surface area contributed by atoms with Gasteiger partial charge in [0.15, 0.2) is 6.29 Å². The molecule has 4 nitrogen and oxygen atoms in total. The van der Waals surface area contributed by atoms with Crippen molar-refractivity contribution in [1.29, 1.82) is 0 Å². The molecule has 0 spiro atoms. The van der Waals surface area contributed by atoms with E-state index in [0.717, 1.165) is 19.0 Å². The monoisotopic (exact) mass is 214 g/mol. The molecular weight excluding hydrogens is 192 g/mol. The van der Waals surface area contributed by atoms with Gasteiger partial charge in [0, 0.05) is 39.9 Å². The quantitative estimate of drug-likeness (QED) is 0.682. The van der Waals surface area contributed by atoms with E-state index >= 15 is 0 Å². The molecule has 88 valence electrons. The fraction of sp³-hybridized carbons (Fsp3) is 1.00. The minimum Gasteiger partial charge on any atom is -0.355 e. The van der Waals surface area contributed by atoms with Crippen molar-refractivity contribution in [1.82, 2.24) is 10.2 Å². The average Bonchev–Trinajstić information content (AvgIpc) is 2.68. The van der Waals surface area contributed by atoms with Crippen LogP contribution < -0.4 is 5.32 Å². The number of piperidine rings is 1. The highest BCUT2D eigenvalue weighted by atomic mass is 16.7. The zero-order valence-electron chi connectivity index (χ0n) is 9.74. The van der Waals surface area contributed by atoms with Crippen LogP contribution in [-0.4, -0.2) is 57.6 Å². The Morgan fingerprint density at radius 2 is 2.13 bits per heavy atom. The number of methoxy groups -OCH3 is 2. The van der Waals surface area contributed by atoms with Crippen LogP contribution in [0.2, 0.25) is 0 Å². The van der Waals surface area contributed by atoms with Crippen LogP contribution in [0.4, 0.5) is 0 Å². The molecule has 4 heteroatoms. The summed E-state index contributed by atoms with van der Waals surface area (Å²) in [6.07, 6.45) is 2.62. The molecule has 0 aliphatic carbocycles. The summed E-state index contributed by atoms with van der Waals surface area (Å²) < 4.78 is 10.5. The number of ether oxygens (including phenoxy) is 2. The van der Waals surface area contributed by atoms with Crippen LogP contribution in [0.3, 0.4) is 0 Å². The molecule has 0 amide bonds. The molecule has 15 heavy (non-hydrogen) atoms. The maximum atomic E-state index is 5.23. The van der Waals surface area contributed by atoms with Gasteiger partial charge in [0.05, 0.1) is 0 Å². The van der Waals surface area contributed by atoms with Gasteiger partial charge >= 0.3 is 0 Å². The minimum atomic E-state index is -0.0786. The van der Waals surface area contributed by atoms with Gasteiger partial charge in [0.1, 0.15) is 0 Å². The first-order valence-electron chi connectivity index (χ1n) is 5.85. The van der Waals surface area contributed by atoms with E-state index in [1.165, 1.54) is 25.9 Å². The summed E-state index contributed by atoms with van der Waals surface area (Å²) in [6, 6.07) is 0.702. The number of nitrogens with one attached hydrogen (secondary N) is 1. The van der Waals surface area contributed by atoms with Gasteiger partial charge in [-0.1, -0.05) is 0 Å². The Labute approximate surface area is 91.9 Å². The summed E-state index contributed by atoms with van der Waals surface area (Å²) in [5.41, 5.74) is 0. The lowest BCUT2D eigenvalue weighted by Crippen LogP contribution is -2.41. The Balaban J connectivity index is 1.80. The number of hydrogen-bond donors (Lipinski definition) is 1. The van der Waals surface area contributed by atoms with Crippen LogP contribution in [0, 0.1) is 5.92 Å². The van der Waals surface area contributed by atoms with E-state index in [1.54, 1.807) is 14.2 Å². The summed E-state index contributed by atoms with van der Waals surface area (Å²) in [5, 5.41) is 3.60. The Morgan fingerprint density at radius 3 is 2.80 bits per heavy atom. The number of rotatable bonds is 4. The zero-order chi connectivity index (χ0) is 10.7. The van der Waals surface area contributed by atoms with Crippen LogP contribution in [0.5, 0.6) is 0 Å². The lowest BCUT2D eigenvalue weighted by Gasteiger charge is -2.24. The third-order valence-corrected chi connectivity index (χ3v) is 3.61. The molecule has 2 heterocycles. The standard InChI is InChI=1S/C11H22N2O2/c1-14-11(15-2)8-13-6-9-4-3-5-12-10(9)7-13/h9-12H,3-8H2,1-2H3. The molecule has 0 radical (unpaired) electrons. The van der Waals surface area contributed by atoms with E-state index in [1.807, 2.05) is 0 Å². The largest absolute Gasteiger partial charge is 0.355 e. The second-order valence-corrected chi connectivity index (χ2v) is 4.58. The molecule has 2 aliphatic rings. The number of fused-ring (bicyclic) bond motifs is 1.